The summed E-state index contributed by atoms with van der Waals surface area (Å²) in [5.41, 5.74) is 1.99. The molecule has 1 N–H and O–H groups in total. The predicted octanol–water partition coefficient (Wildman–Crippen LogP) is 5.19. The lowest BCUT2D eigenvalue weighted by atomic mass is 10.00. The van der Waals surface area contributed by atoms with Crippen molar-refractivity contribution in [1.82, 2.24) is 9.88 Å². The summed E-state index contributed by atoms with van der Waals surface area (Å²) >= 11 is 1.37. The zero-order chi connectivity index (χ0) is 25.5. The third kappa shape index (κ3) is 7.00. The molecule has 0 unspecified atom stereocenters. The number of carbonyl (C=O) groups excluding carboxylic acids is 2. The maximum Gasteiger partial charge on any atom is 0.303 e. The van der Waals surface area contributed by atoms with Gasteiger partial charge in [-0.05, 0) is 37.8 Å². The van der Waals surface area contributed by atoms with Gasteiger partial charge in [0.25, 0.3) is 5.91 Å². The summed E-state index contributed by atoms with van der Waals surface area (Å²) in [5.74, 6) is -0.899. The van der Waals surface area contributed by atoms with Crippen LogP contribution in [0.2, 0.25) is 0 Å². The molecule has 1 fully saturated rings. The summed E-state index contributed by atoms with van der Waals surface area (Å²) < 4.78 is 11.7. The van der Waals surface area contributed by atoms with Gasteiger partial charge in [-0.25, -0.2) is 4.98 Å². The Kier molecular flexibility index (Phi) is 8.51. The highest BCUT2D eigenvalue weighted by atomic mass is 32.1. The van der Waals surface area contributed by atoms with Gasteiger partial charge in [0, 0.05) is 31.9 Å². The van der Waals surface area contributed by atoms with Gasteiger partial charge in [-0.15, -0.1) is 11.3 Å². The molecule has 36 heavy (non-hydrogen) atoms. The van der Waals surface area contributed by atoms with Crippen LogP contribution in [0.4, 0.5) is 5.13 Å². The summed E-state index contributed by atoms with van der Waals surface area (Å²) in [6.45, 7) is 6.95. The summed E-state index contributed by atoms with van der Waals surface area (Å²) in [4.78, 5) is 30.6. The molecule has 1 amide bonds. The SMILES string of the molecule is CC(=O)OC(C)(C)C(=O)Nc1nc(CN2CCC(OC(c3ccccc3)c3ccccc3)CC2)cs1. The number of ether oxygens (including phenoxy) is 2. The molecule has 0 aliphatic carbocycles. The number of nitrogens with one attached hydrogen (secondary N) is 1. The van der Waals surface area contributed by atoms with E-state index in [4.69, 9.17) is 9.47 Å². The molecule has 3 aromatic rings. The highest BCUT2D eigenvalue weighted by Gasteiger charge is 2.32. The normalized spacial score (nSPS) is 15.1. The van der Waals surface area contributed by atoms with E-state index < -0.39 is 17.5 Å². The van der Waals surface area contributed by atoms with Gasteiger partial charge in [0.15, 0.2) is 10.7 Å². The number of hydrogen-bond acceptors (Lipinski definition) is 7. The van der Waals surface area contributed by atoms with Gasteiger partial charge in [-0.1, -0.05) is 60.7 Å². The van der Waals surface area contributed by atoms with Gasteiger partial charge < -0.3 is 9.47 Å². The number of thiazole rings is 1. The zero-order valence-corrected chi connectivity index (χ0v) is 21.8. The van der Waals surface area contributed by atoms with Crippen LogP contribution in [0.3, 0.4) is 0 Å². The molecule has 7 nitrogen and oxygen atoms in total. The third-order valence-corrected chi connectivity index (χ3v) is 6.98. The smallest absolute Gasteiger partial charge is 0.303 e. The Morgan fingerprint density at radius 3 is 2.19 bits per heavy atom. The molecule has 1 aliphatic heterocycles. The van der Waals surface area contributed by atoms with Gasteiger partial charge in [0.1, 0.15) is 6.10 Å². The minimum absolute atomic E-state index is 0.0788. The first kappa shape index (κ1) is 26.0. The van der Waals surface area contributed by atoms with Crippen LogP contribution in [0.5, 0.6) is 0 Å². The van der Waals surface area contributed by atoms with Crippen molar-refractivity contribution in [3.63, 3.8) is 0 Å². The number of piperidine rings is 1. The molecular weight excluding hydrogens is 474 g/mol. The van der Waals surface area contributed by atoms with Gasteiger partial charge in [-0.2, -0.15) is 0 Å². The number of rotatable bonds is 9. The lowest BCUT2D eigenvalue weighted by molar-refractivity contribution is -0.160. The second kappa shape index (κ2) is 11.8. The molecule has 1 saturated heterocycles. The van der Waals surface area contributed by atoms with Crippen LogP contribution in [-0.2, 0) is 25.6 Å². The number of esters is 1. The van der Waals surface area contributed by atoms with Crippen molar-refractivity contribution in [3.05, 3.63) is 82.9 Å². The summed E-state index contributed by atoms with van der Waals surface area (Å²) in [6.07, 6.45) is 1.99. The molecule has 1 aromatic heterocycles. The fraction of sp³-hybridized carbons (Fsp3) is 0.393. The minimum Gasteiger partial charge on any atom is -0.450 e. The second-order valence-electron chi connectivity index (χ2n) is 9.52. The molecule has 190 valence electrons. The van der Waals surface area contributed by atoms with E-state index in [-0.39, 0.29) is 12.2 Å². The number of benzene rings is 2. The van der Waals surface area contributed by atoms with E-state index >= 15 is 0 Å². The van der Waals surface area contributed by atoms with Crippen molar-refractivity contribution in [2.75, 3.05) is 18.4 Å². The second-order valence-corrected chi connectivity index (χ2v) is 10.4. The van der Waals surface area contributed by atoms with Crippen molar-refractivity contribution in [2.45, 2.75) is 58.0 Å². The van der Waals surface area contributed by atoms with Crippen LogP contribution in [0, 0.1) is 0 Å². The maximum absolute atomic E-state index is 12.5. The Bertz CT molecular complexity index is 1100. The molecule has 8 heteroatoms. The number of anilines is 1. The monoisotopic (exact) mass is 507 g/mol. The molecule has 0 saturated carbocycles. The van der Waals surface area contributed by atoms with E-state index in [1.807, 2.05) is 17.5 Å². The van der Waals surface area contributed by atoms with Crippen LogP contribution in [0.15, 0.2) is 66.0 Å². The van der Waals surface area contributed by atoms with Crippen molar-refractivity contribution < 1.29 is 19.1 Å². The molecule has 2 aromatic carbocycles. The van der Waals surface area contributed by atoms with E-state index in [0.29, 0.717) is 11.7 Å². The number of nitrogens with zero attached hydrogens (tertiary/aromatic N) is 2. The fourth-order valence-electron chi connectivity index (χ4n) is 4.32. The Balaban J connectivity index is 1.30. The van der Waals surface area contributed by atoms with E-state index in [0.717, 1.165) is 31.6 Å². The van der Waals surface area contributed by atoms with Crippen LogP contribution in [0.1, 0.15) is 56.5 Å². The molecule has 4 rings (SSSR count). The lowest BCUT2D eigenvalue weighted by Crippen LogP contribution is -2.41. The van der Waals surface area contributed by atoms with E-state index in [1.54, 1.807) is 13.8 Å². The average molecular weight is 508 g/mol. The quantitative estimate of drug-likeness (QED) is 0.401. The molecule has 0 spiro atoms. The van der Waals surface area contributed by atoms with Crippen LogP contribution in [-0.4, -0.2) is 46.6 Å². The summed E-state index contributed by atoms with van der Waals surface area (Å²) in [7, 11) is 0. The first-order valence-corrected chi connectivity index (χ1v) is 13.1. The Labute approximate surface area is 216 Å². The average Bonchev–Trinajstić information content (AvgIpc) is 3.30. The highest BCUT2D eigenvalue weighted by molar-refractivity contribution is 7.13. The molecule has 2 heterocycles. The summed E-state index contributed by atoms with van der Waals surface area (Å²) in [5, 5.41) is 5.22. The third-order valence-electron chi connectivity index (χ3n) is 6.17. The van der Waals surface area contributed by atoms with E-state index in [2.05, 4.69) is 63.7 Å². The van der Waals surface area contributed by atoms with Gasteiger partial charge >= 0.3 is 5.97 Å². The van der Waals surface area contributed by atoms with Crippen molar-refractivity contribution in [2.24, 2.45) is 0 Å². The standard InChI is InChI=1S/C28H33N3O4S/c1-20(32)35-28(2,3)26(33)30-27-29-23(19-36-27)18-31-16-14-24(15-17-31)34-25(21-10-6-4-7-11-21)22-12-8-5-9-13-22/h4-13,19,24-25H,14-18H2,1-3H3,(H,29,30,33). The van der Waals surface area contributed by atoms with Crippen LogP contribution >= 0.6 is 11.3 Å². The first-order valence-electron chi connectivity index (χ1n) is 12.2. The lowest BCUT2D eigenvalue weighted by Gasteiger charge is -2.34. The molecule has 0 bridgehead atoms. The molecule has 1 aliphatic rings. The van der Waals surface area contributed by atoms with Crippen molar-refractivity contribution in [1.29, 1.82) is 0 Å². The Hall–Kier alpha value is -3.07. The van der Waals surface area contributed by atoms with Crippen molar-refractivity contribution in [3.8, 4) is 0 Å². The molecular formula is C28H33N3O4S. The van der Waals surface area contributed by atoms with Gasteiger partial charge in [0.2, 0.25) is 0 Å². The largest absolute Gasteiger partial charge is 0.450 e. The Morgan fingerprint density at radius 2 is 1.64 bits per heavy atom. The summed E-state index contributed by atoms with van der Waals surface area (Å²) in [6, 6.07) is 20.8. The van der Waals surface area contributed by atoms with Crippen LogP contribution in [0.25, 0.3) is 0 Å². The first-order chi connectivity index (χ1) is 17.3. The van der Waals surface area contributed by atoms with E-state index in [9.17, 15) is 9.59 Å². The number of likely N-dealkylation sites (tertiary alicyclic amines) is 1. The predicted molar refractivity (Wildman–Crippen MR) is 141 cm³/mol. The van der Waals surface area contributed by atoms with Gasteiger partial charge in [0.05, 0.1) is 11.8 Å². The highest BCUT2D eigenvalue weighted by Crippen LogP contribution is 2.30. The van der Waals surface area contributed by atoms with E-state index in [1.165, 1.54) is 29.4 Å². The Morgan fingerprint density at radius 1 is 1.06 bits per heavy atom. The number of carbonyl (C=O) groups is 2. The number of amides is 1. The van der Waals surface area contributed by atoms with Crippen molar-refractivity contribution >= 4 is 28.3 Å². The van der Waals surface area contributed by atoms with Crippen LogP contribution < -0.4 is 5.32 Å². The molecule has 0 radical (unpaired) electrons. The minimum atomic E-state index is -1.25. The number of hydrogen-bond donors (Lipinski definition) is 1. The number of aromatic nitrogens is 1. The zero-order valence-electron chi connectivity index (χ0n) is 21.0. The maximum atomic E-state index is 12.5. The van der Waals surface area contributed by atoms with Gasteiger partial charge in [-0.3, -0.25) is 19.8 Å². The molecule has 0 atom stereocenters. The topological polar surface area (TPSA) is 80.8 Å². The fourth-order valence-corrected chi connectivity index (χ4v) is 5.02.